The number of benzene rings is 3. The number of hydrazone groups is 1. The van der Waals surface area contributed by atoms with E-state index in [0.29, 0.717) is 10.7 Å². The Kier molecular flexibility index (Phi) is 7.61. The molecule has 168 valence electrons. The van der Waals surface area contributed by atoms with Crippen LogP contribution in [0, 0.1) is 0 Å². The lowest BCUT2D eigenvalue weighted by molar-refractivity contribution is -0.136. The molecule has 0 aromatic heterocycles. The number of nitrogens with one attached hydrogen (secondary N) is 3. The van der Waals surface area contributed by atoms with Crippen LogP contribution in [-0.4, -0.2) is 36.2 Å². The summed E-state index contributed by atoms with van der Waals surface area (Å²) in [6, 6.07) is 17.5. The number of halogens is 1. The van der Waals surface area contributed by atoms with Crippen LogP contribution in [0.15, 0.2) is 71.8 Å². The molecule has 0 atom stereocenters. The molecule has 3 rings (SSSR count). The molecular weight excluding hydrogens is 448 g/mol. The Labute approximate surface area is 194 Å². The minimum absolute atomic E-state index is 0.138. The maximum atomic E-state index is 12.6. The van der Waals surface area contributed by atoms with E-state index in [2.05, 4.69) is 21.2 Å². The molecule has 0 bridgehead atoms. The Hall–Kier alpha value is -4.37. The van der Waals surface area contributed by atoms with E-state index in [-0.39, 0.29) is 28.3 Å². The van der Waals surface area contributed by atoms with E-state index < -0.39 is 17.7 Å². The summed E-state index contributed by atoms with van der Waals surface area (Å²) in [6.07, 6.45) is 1.16. The summed E-state index contributed by atoms with van der Waals surface area (Å²) < 4.78 is 4.99. The third-order valence-corrected chi connectivity index (χ3v) is 4.60. The van der Waals surface area contributed by atoms with Crippen molar-refractivity contribution < 1.29 is 24.2 Å². The molecule has 4 N–H and O–H groups in total. The van der Waals surface area contributed by atoms with Crippen LogP contribution in [0.25, 0.3) is 0 Å². The average Bonchev–Trinajstić information content (AvgIpc) is 2.81. The third kappa shape index (κ3) is 6.08. The van der Waals surface area contributed by atoms with E-state index in [1.807, 2.05) is 0 Å². The summed E-state index contributed by atoms with van der Waals surface area (Å²) in [5, 5.41) is 19.3. The summed E-state index contributed by atoms with van der Waals surface area (Å²) in [4.78, 5) is 37.0. The SMILES string of the molecule is COc1cccc(/C=N\NC(=O)C(=O)Nc2ccccc2C(=O)Nc2ccc(Cl)cc2)c1O. The molecule has 3 aromatic carbocycles. The van der Waals surface area contributed by atoms with Gasteiger partial charge >= 0.3 is 11.8 Å². The molecule has 0 aliphatic carbocycles. The first-order valence-corrected chi connectivity index (χ1v) is 9.93. The van der Waals surface area contributed by atoms with Gasteiger partial charge in [-0.3, -0.25) is 14.4 Å². The Bertz CT molecular complexity index is 1210. The number of hydrogen-bond donors (Lipinski definition) is 4. The highest BCUT2D eigenvalue weighted by molar-refractivity contribution is 6.40. The summed E-state index contributed by atoms with van der Waals surface area (Å²) in [5.41, 5.74) is 3.14. The monoisotopic (exact) mass is 466 g/mol. The molecule has 10 heteroatoms. The van der Waals surface area contributed by atoms with Gasteiger partial charge in [-0.05, 0) is 48.5 Å². The van der Waals surface area contributed by atoms with Gasteiger partial charge in [0, 0.05) is 16.3 Å². The summed E-state index contributed by atoms with van der Waals surface area (Å²) in [5.74, 6) is -2.52. The molecule has 0 spiro atoms. The minimum atomic E-state index is -1.07. The maximum Gasteiger partial charge on any atom is 0.329 e. The van der Waals surface area contributed by atoms with Crippen LogP contribution in [0.5, 0.6) is 11.5 Å². The molecule has 0 aliphatic rings. The van der Waals surface area contributed by atoms with Gasteiger partial charge in [-0.2, -0.15) is 5.10 Å². The molecule has 0 fully saturated rings. The van der Waals surface area contributed by atoms with Gasteiger partial charge < -0.3 is 20.5 Å². The summed E-state index contributed by atoms with van der Waals surface area (Å²) >= 11 is 5.84. The number of carbonyl (C=O) groups excluding carboxylic acids is 3. The molecule has 0 unspecified atom stereocenters. The van der Waals surface area contributed by atoms with Crippen molar-refractivity contribution in [2.45, 2.75) is 0 Å². The predicted octanol–water partition coefficient (Wildman–Crippen LogP) is 3.40. The van der Waals surface area contributed by atoms with Crippen LogP contribution in [0.4, 0.5) is 11.4 Å². The first-order valence-electron chi connectivity index (χ1n) is 9.55. The van der Waals surface area contributed by atoms with Crippen LogP contribution in [0.2, 0.25) is 5.02 Å². The number of phenols is 1. The molecule has 0 saturated carbocycles. The Morgan fingerprint density at radius 3 is 2.39 bits per heavy atom. The first-order chi connectivity index (χ1) is 15.9. The zero-order chi connectivity index (χ0) is 23.8. The highest BCUT2D eigenvalue weighted by Crippen LogP contribution is 2.27. The lowest BCUT2D eigenvalue weighted by atomic mass is 10.1. The summed E-state index contributed by atoms with van der Waals surface area (Å²) in [7, 11) is 1.40. The molecule has 3 aromatic rings. The molecule has 9 nitrogen and oxygen atoms in total. The van der Waals surface area contributed by atoms with Gasteiger partial charge in [-0.1, -0.05) is 29.8 Å². The van der Waals surface area contributed by atoms with E-state index in [0.717, 1.165) is 6.21 Å². The fourth-order valence-electron chi connectivity index (χ4n) is 2.72. The van der Waals surface area contributed by atoms with Gasteiger partial charge in [0.2, 0.25) is 0 Å². The predicted molar refractivity (Wildman–Crippen MR) is 125 cm³/mol. The van der Waals surface area contributed by atoms with Gasteiger partial charge in [0.15, 0.2) is 11.5 Å². The quantitative estimate of drug-likeness (QED) is 0.251. The fourth-order valence-corrected chi connectivity index (χ4v) is 2.85. The van der Waals surface area contributed by atoms with Gasteiger partial charge in [-0.25, -0.2) is 5.43 Å². The molecule has 0 aliphatic heterocycles. The lowest BCUT2D eigenvalue weighted by Gasteiger charge is -2.11. The average molecular weight is 467 g/mol. The topological polar surface area (TPSA) is 129 Å². The second-order valence-corrected chi connectivity index (χ2v) is 6.99. The molecule has 33 heavy (non-hydrogen) atoms. The Morgan fingerprint density at radius 1 is 0.939 bits per heavy atom. The van der Waals surface area contributed by atoms with Crippen LogP contribution in [0.3, 0.4) is 0 Å². The van der Waals surface area contributed by atoms with Gasteiger partial charge in [0.1, 0.15) is 0 Å². The van der Waals surface area contributed by atoms with E-state index >= 15 is 0 Å². The van der Waals surface area contributed by atoms with E-state index in [1.54, 1.807) is 54.6 Å². The second kappa shape index (κ2) is 10.8. The number of nitrogens with zero attached hydrogens (tertiary/aromatic N) is 1. The first kappa shape index (κ1) is 23.3. The Morgan fingerprint density at radius 2 is 1.67 bits per heavy atom. The molecule has 3 amide bonds. The number of aromatic hydroxyl groups is 1. The Balaban J connectivity index is 1.65. The maximum absolute atomic E-state index is 12.6. The van der Waals surface area contributed by atoms with Crippen LogP contribution in [0.1, 0.15) is 15.9 Å². The molecular formula is C23H19ClN4O5. The highest BCUT2D eigenvalue weighted by atomic mass is 35.5. The number of anilines is 2. The van der Waals surface area contributed by atoms with Gasteiger partial charge in [-0.15, -0.1) is 0 Å². The number of ether oxygens (including phenoxy) is 1. The summed E-state index contributed by atoms with van der Waals surface area (Å²) in [6.45, 7) is 0. The second-order valence-electron chi connectivity index (χ2n) is 6.56. The normalized spacial score (nSPS) is 10.5. The minimum Gasteiger partial charge on any atom is -0.504 e. The van der Waals surface area contributed by atoms with Crippen molar-refractivity contribution in [1.82, 2.24) is 5.43 Å². The fraction of sp³-hybridized carbons (Fsp3) is 0.0435. The van der Waals surface area contributed by atoms with Crippen molar-refractivity contribution in [1.29, 1.82) is 0 Å². The number of rotatable bonds is 6. The van der Waals surface area contributed by atoms with E-state index in [9.17, 15) is 19.5 Å². The van der Waals surface area contributed by atoms with Crippen molar-refractivity contribution in [3.8, 4) is 11.5 Å². The van der Waals surface area contributed by atoms with E-state index in [1.165, 1.54) is 19.2 Å². The molecule has 0 radical (unpaired) electrons. The van der Waals surface area contributed by atoms with Crippen molar-refractivity contribution in [2.75, 3.05) is 17.7 Å². The number of amides is 3. The number of para-hydroxylation sites is 2. The lowest BCUT2D eigenvalue weighted by Crippen LogP contribution is -2.33. The zero-order valence-corrected chi connectivity index (χ0v) is 18.1. The largest absolute Gasteiger partial charge is 0.504 e. The van der Waals surface area contributed by atoms with Crippen molar-refractivity contribution in [3.05, 3.63) is 82.9 Å². The van der Waals surface area contributed by atoms with Crippen molar-refractivity contribution in [2.24, 2.45) is 5.10 Å². The van der Waals surface area contributed by atoms with Gasteiger partial charge in [0.05, 0.1) is 24.6 Å². The van der Waals surface area contributed by atoms with Gasteiger partial charge in [0.25, 0.3) is 5.91 Å². The number of methoxy groups -OCH3 is 1. The standard InChI is InChI=1S/C23H19ClN4O5/c1-33-19-8-4-5-14(20(19)29)13-25-28-23(32)22(31)27-18-7-3-2-6-17(18)21(30)26-16-11-9-15(24)10-12-16/h2-13,29H,1H3,(H,26,30)(H,27,31)(H,28,32)/b25-13-. The van der Waals surface area contributed by atoms with Crippen LogP contribution < -0.4 is 20.8 Å². The van der Waals surface area contributed by atoms with Crippen LogP contribution >= 0.6 is 11.6 Å². The zero-order valence-electron chi connectivity index (χ0n) is 17.3. The molecule has 0 heterocycles. The van der Waals surface area contributed by atoms with Crippen LogP contribution in [-0.2, 0) is 9.59 Å². The number of carbonyl (C=O) groups is 3. The van der Waals surface area contributed by atoms with Crippen molar-refractivity contribution in [3.63, 3.8) is 0 Å². The van der Waals surface area contributed by atoms with Crippen molar-refractivity contribution >= 4 is 46.9 Å². The third-order valence-electron chi connectivity index (χ3n) is 4.35. The van der Waals surface area contributed by atoms with E-state index in [4.69, 9.17) is 16.3 Å². The number of hydrogen-bond acceptors (Lipinski definition) is 6. The number of phenolic OH excluding ortho intramolecular Hbond substituents is 1. The molecule has 0 saturated heterocycles. The highest BCUT2D eigenvalue weighted by Gasteiger charge is 2.18. The smallest absolute Gasteiger partial charge is 0.329 e.